The van der Waals surface area contributed by atoms with E-state index in [0.29, 0.717) is 17.1 Å². The highest BCUT2D eigenvalue weighted by atomic mass is 16.5. The fourth-order valence-electron chi connectivity index (χ4n) is 1.74. The van der Waals surface area contributed by atoms with Crippen LogP contribution in [-0.2, 0) is 0 Å². The summed E-state index contributed by atoms with van der Waals surface area (Å²) < 4.78 is 10.3. The van der Waals surface area contributed by atoms with E-state index in [2.05, 4.69) is 9.97 Å². The molecule has 0 bridgehead atoms. The molecule has 7 nitrogen and oxygen atoms in total. The normalized spacial score (nSPS) is 10.2. The minimum Gasteiger partial charge on any atom is -0.493 e. The van der Waals surface area contributed by atoms with Crippen molar-refractivity contribution in [3.05, 3.63) is 23.9 Å². The molecule has 2 rings (SSSR count). The number of hydrogen-bond acceptors (Lipinski definition) is 5. The highest BCUT2D eigenvalue weighted by molar-refractivity contribution is 5.93. The van der Waals surface area contributed by atoms with Gasteiger partial charge in [0.2, 0.25) is 0 Å². The third kappa shape index (κ3) is 2.30. The Balaban J connectivity index is 2.56. The molecule has 0 unspecified atom stereocenters. The first kappa shape index (κ1) is 12.7. The van der Waals surface area contributed by atoms with Crippen molar-refractivity contribution in [1.82, 2.24) is 9.97 Å². The second kappa shape index (κ2) is 4.89. The zero-order valence-electron chi connectivity index (χ0n) is 10.4. The van der Waals surface area contributed by atoms with Gasteiger partial charge >= 0.3 is 5.97 Å². The summed E-state index contributed by atoms with van der Waals surface area (Å²) in [5.74, 6) is -0.0549. The number of aromatic amines is 1. The standard InChI is InChI=1S/C12H13N3O4/c1-18-7-4-3-6(5-8(7)19-2)9-10(11(16)17)15-12(13)14-9/h3-5H,1-2H3,(H,16,17)(H3,13,14,15). The van der Waals surface area contributed by atoms with Crippen molar-refractivity contribution < 1.29 is 19.4 Å². The quantitative estimate of drug-likeness (QED) is 0.768. The summed E-state index contributed by atoms with van der Waals surface area (Å²) in [6.07, 6.45) is 0. The molecule has 4 N–H and O–H groups in total. The number of carbonyl (C=O) groups is 1. The lowest BCUT2D eigenvalue weighted by atomic mass is 10.1. The van der Waals surface area contributed by atoms with E-state index in [-0.39, 0.29) is 17.3 Å². The Morgan fingerprint density at radius 2 is 2.00 bits per heavy atom. The predicted octanol–water partition coefficient (Wildman–Crippen LogP) is 1.37. The molecule has 0 atom stereocenters. The first-order chi connectivity index (χ1) is 9.06. The lowest BCUT2D eigenvalue weighted by molar-refractivity contribution is 0.0692. The number of methoxy groups -OCH3 is 2. The molecule has 0 radical (unpaired) electrons. The number of ether oxygens (including phenoxy) is 2. The number of carboxylic acid groups (broad SMARTS) is 1. The van der Waals surface area contributed by atoms with Crippen LogP contribution >= 0.6 is 0 Å². The van der Waals surface area contributed by atoms with E-state index in [1.165, 1.54) is 14.2 Å². The monoisotopic (exact) mass is 263 g/mol. The summed E-state index contributed by atoms with van der Waals surface area (Å²) in [5.41, 5.74) is 6.26. The smallest absolute Gasteiger partial charge is 0.354 e. The largest absolute Gasteiger partial charge is 0.493 e. The Labute approximate surface area is 109 Å². The van der Waals surface area contributed by atoms with Gasteiger partial charge < -0.3 is 25.3 Å². The van der Waals surface area contributed by atoms with Crippen molar-refractivity contribution in [2.24, 2.45) is 0 Å². The summed E-state index contributed by atoms with van der Waals surface area (Å²) in [7, 11) is 3.02. The van der Waals surface area contributed by atoms with Crippen LogP contribution in [0.25, 0.3) is 11.3 Å². The summed E-state index contributed by atoms with van der Waals surface area (Å²) in [4.78, 5) is 17.6. The number of anilines is 1. The number of nitrogen functional groups attached to an aromatic ring is 1. The number of carboxylic acids is 1. The minimum atomic E-state index is -1.13. The third-order valence-corrected chi connectivity index (χ3v) is 2.59. The molecule has 0 aliphatic rings. The number of rotatable bonds is 4. The van der Waals surface area contributed by atoms with Gasteiger partial charge in [-0.25, -0.2) is 9.78 Å². The van der Waals surface area contributed by atoms with E-state index in [4.69, 9.17) is 20.3 Å². The van der Waals surface area contributed by atoms with Gasteiger partial charge in [-0.3, -0.25) is 0 Å². The van der Waals surface area contributed by atoms with Crippen LogP contribution in [0.15, 0.2) is 18.2 Å². The first-order valence-corrected chi connectivity index (χ1v) is 5.38. The molecule has 1 aromatic heterocycles. The molecule has 0 fully saturated rings. The molecular weight excluding hydrogens is 250 g/mol. The van der Waals surface area contributed by atoms with Crippen molar-refractivity contribution in [1.29, 1.82) is 0 Å². The van der Waals surface area contributed by atoms with Gasteiger partial charge in [-0.05, 0) is 18.2 Å². The van der Waals surface area contributed by atoms with Crippen LogP contribution in [0.4, 0.5) is 5.95 Å². The van der Waals surface area contributed by atoms with Crippen LogP contribution in [0.5, 0.6) is 11.5 Å². The highest BCUT2D eigenvalue weighted by Gasteiger charge is 2.18. The molecule has 0 saturated heterocycles. The third-order valence-electron chi connectivity index (χ3n) is 2.59. The second-order valence-corrected chi connectivity index (χ2v) is 3.72. The number of nitrogens with two attached hydrogens (primary N) is 1. The summed E-state index contributed by atoms with van der Waals surface area (Å²) in [6, 6.07) is 5.00. The van der Waals surface area contributed by atoms with Crippen molar-refractivity contribution in [2.45, 2.75) is 0 Å². The van der Waals surface area contributed by atoms with Crippen LogP contribution in [0.3, 0.4) is 0 Å². The number of hydrogen-bond donors (Lipinski definition) is 3. The average molecular weight is 263 g/mol. The summed E-state index contributed by atoms with van der Waals surface area (Å²) >= 11 is 0. The SMILES string of the molecule is COc1ccc(-c2nc(N)[nH]c2C(=O)O)cc1OC. The van der Waals surface area contributed by atoms with Crippen LogP contribution < -0.4 is 15.2 Å². The Morgan fingerprint density at radius 1 is 1.32 bits per heavy atom. The molecule has 0 aliphatic carbocycles. The molecule has 0 amide bonds. The van der Waals surface area contributed by atoms with Crippen LogP contribution in [-0.4, -0.2) is 35.3 Å². The van der Waals surface area contributed by atoms with Gasteiger partial charge in [0.25, 0.3) is 0 Å². The molecule has 2 aromatic rings. The number of imidazole rings is 1. The zero-order chi connectivity index (χ0) is 14.0. The number of aromatic nitrogens is 2. The molecule has 19 heavy (non-hydrogen) atoms. The molecule has 100 valence electrons. The van der Waals surface area contributed by atoms with Crippen LogP contribution in [0.2, 0.25) is 0 Å². The predicted molar refractivity (Wildman–Crippen MR) is 68.5 cm³/mol. The van der Waals surface area contributed by atoms with Gasteiger partial charge in [0.1, 0.15) is 5.69 Å². The van der Waals surface area contributed by atoms with Crippen molar-refractivity contribution in [3.8, 4) is 22.8 Å². The molecule has 0 aliphatic heterocycles. The van der Waals surface area contributed by atoms with Crippen molar-refractivity contribution in [3.63, 3.8) is 0 Å². The Kier molecular flexibility index (Phi) is 3.28. The van der Waals surface area contributed by atoms with E-state index < -0.39 is 5.97 Å². The van der Waals surface area contributed by atoms with Gasteiger partial charge in [-0.2, -0.15) is 0 Å². The van der Waals surface area contributed by atoms with E-state index >= 15 is 0 Å². The fraction of sp³-hybridized carbons (Fsp3) is 0.167. The van der Waals surface area contributed by atoms with Gasteiger partial charge in [0.15, 0.2) is 23.1 Å². The number of benzene rings is 1. The van der Waals surface area contributed by atoms with E-state index in [1.807, 2.05) is 0 Å². The lowest BCUT2D eigenvalue weighted by Gasteiger charge is -2.08. The van der Waals surface area contributed by atoms with Crippen LogP contribution in [0, 0.1) is 0 Å². The van der Waals surface area contributed by atoms with Crippen LogP contribution in [0.1, 0.15) is 10.5 Å². The average Bonchev–Trinajstić information content (AvgIpc) is 2.80. The zero-order valence-corrected chi connectivity index (χ0v) is 10.4. The van der Waals surface area contributed by atoms with E-state index in [0.717, 1.165) is 0 Å². The van der Waals surface area contributed by atoms with Crippen molar-refractivity contribution >= 4 is 11.9 Å². The first-order valence-electron chi connectivity index (χ1n) is 5.38. The topological polar surface area (TPSA) is 110 Å². The highest BCUT2D eigenvalue weighted by Crippen LogP contribution is 2.33. The lowest BCUT2D eigenvalue weighted by Crippen LogP contribution is -2.00. The Hall–Kier alpha value is -2.70. The van der Waals surface area contributed by atoms with Gasteiger partial charge in [0, 0.05) is 5.56 Å². The molecular formula is C12H13N3O4. The molecule has 0 spiro atoms. The number of H-pyrrole nitrogens is 1. The van der Waals surface area contributed by atoms with Crippen molar-refractivity contribution in [2.75, 3.05) is 20.0 Å². The number of aromatic carboxylic acids is 1. The Morgan fingerprint density at radius 3 is 2.58 bits per heavy atom. The molecule has 1 heterocycles. The summed E-state index contributed by atoms with van der Waals surface area (Å²) in [6.45, 7) is 0. The van der Waals surface area contributed by atoms with E-state index in [9.17, 15) is 4.79 Å². The number of nitrogens with zero attached hydrogens (tertiary/aromatic N) is 1. The number of nitrogens with one attached hydrogen (secondary N) is 1. The maximum atomic E-state index is 11.1. The van der Waals surface area contributed by atoms with E-state index in [1.54, 1.807) is 18.2 Å². The molecule has 7 heteroatoms. The van der Waals surface area contributed by atoms with Gasteiger partial charge in [-0.1, -0.05) is 0 Å². The summed E-state index contributed by atoms with van der Waals surface area (Å²) in [5, 5.41) is 9.08. The maximum Gasteiger partial charge on any atom is 0.354 e. The maximum absolute atomic E-state index is 11.1. The molecule has 1 aromatic carbocycles. The molecule has 0 saturated carbocycles. The Bertz CT molecular complexity index is 621. The van der Waals surface area contributed by atoms with Gasteiger partial charge in [-0.15, -0.1) is 0 Å². The fourth-order valence-corrected chi connectivity index (χ4v) is 1.74. The minimum absolute atomic E-state index is 0.0437. The second-order valence-electron chi connectivity index (χ2n) is 3.72. The van der Waals surface area contributed by atoms with Gasteiger partial charge in [0.05, 0.1) is 14.2 Å².